The normalized spacial score (nSPS) is 17.3. The number of benzene rings is 2. The number of amides is 2. The van der Waals surface area contributed by atoms with Gasteiger partial charge in [0.15, 0.2) is 6.10 Å². The van der Waals surface area contributed by atoms with Crippen molar-refractivity contribution in [3.05, 3.63) is 60.2 Å². The number of esters is 1. The van der Waals surface area contributed by atoms with E-state index in [1.807, 2.05) is 37.3 Å². The van der Waals surface area contributed by atoms with Crippen molar-refractivity contribution >= 4 is 29.2 Å². The lowest BCUT2D eigenvalue weighted by Gasteiger charge is -2.20. The van der Waals surface area contributed by atoms with Crippen LogP contribution in [0.4, 0.5) is 11.4 Å². The van der Waals surface area contributed by atoms with Gasteiger partial charge in [0.25, 0.3) is 5.91 Å². The molecule has 2 amide bonds. The molecule has 0 aromatic heterocycles. The van der Waals surface area contributed by atoms with E-state index in [2.05, 4.69) is 5.32 Å². The van der Waals surface area contributed by atoms with Gasteiger partial charge in [-0.05, 0) is 37.1 Å². The van der Waals surface area contributed by atoms with E-state index in [9.17, 15) is 14.4 Å². The van der Waals surface area contributed by atoms with Gasteiger partial charge >= 0.3 is 5.97 Å². The second-order valence-corrected chi connectivity index (χ2v) is 6.82. The van der Waals surface area contributed by atoms with Gasteiger partial charge in [0, 0.05) is 24.3 Å². The molecule has 0 saturated carbocycles. The summed E-state index contributed by atoms with van der Waals surface area (Å²) < 4.78 is 5.33. The molecule has 1 N–H and O–H groups in total. The van der Waals surface area contributed by atoms with Gasteiger partial charge < -0.3 is 15.0 Å². The number of hydrogen-bond donors (Lipinski definition) is 1. The van der Waals surface area contributed by atoms with E-state index in [4.69, 9.17) is 4.74 Å². The Morgan fingerprint density at radius 2 is 1.82 bits per heavy atom. The van der Waals surface area contributed by atoms with Gasteiger partial charge in [-0.15, -0.1) is 0 Å². The van der Waals surface area contributed by atoms with Crippen LogP contribution in [0.15, 0.2) is 54.6 Å². The highest BCUT2D eigenvalue weighted by Gasteiger charge is 2.37. The number of para-hydroxylation sites is 2. The van der Waals surface area contributed by atoms with Crippen molar-refractivity contribution in [1.29, 1.82) is 0 Å². The van der Waals surface area contributed by atoms with E-state index in [-0.39, 0.29) is 18.9 Å². The van der Waals surface area contributed by atoms with Crippen molar-refractivity contribution in [2.24, 2.45) is 5.92 Å². The third-order valence-electron chi connectivity index (χ3n) is 4.83. The molecule has 1 heterocycles. The lowest BCUT2D eigenvalue weighted by molar-refractivity contribution is -0.157. The molecule has 1 saturated heterocycles. The van der Waals surface area contributed by atoms with Crippen LogP contribution in [0.3, 0.4) is 0 Å². The summed E-state index contributed by atoms with van der Waals surface area (Å²) in [4.78, 5) is 38.8. The van der Waals surface area contributed by atoms with Gasteiger partial charge in [-0.2, -0.15) is 0 Å². The average molecular weight is 380 g/mol. The highest BCUT2D eigenvalue weighted by molar-refractivity contribution is 6.01. The summed E-state index contributed by atoms with van der Waals surface area (Å²) in [6.07, 6.45) is -0.0601. The lowest BCUT2D eigenvalue weighted by atomic mass is 10.1. The third-order valence-corrected chi connectivity index (χ3v) is 4.83. The van der Waals surface area contributed by atoms with E-state index in [0.717, 1.165) is 17.7 Å². The van der Waals surface area contributed by atoms with Crippen LogP contribution in [-0.4, -0.2) is 30.4 Å². The molecule has 1 aliphatic heterocycles. The Hall–Kier alpha value is -3.15. The second-order valence-electron chi connectivity index (χ2n) is 6.82. The molecule has 0 radical (unpaired) electrons. The summed E-state index contributed by atoms with van der Waals surface area (Å²) in [6, 6.07) is 16.6. The zero-order valence-electron chi connectivity index (χ0n) is 16.1. The van der Waals surface area contributed by atoms with Gasteiger partial charge in [0.05, 0.1) is 5.92 Å². The number of nitrogens with zero attached hydrogens (tertiary/aromatic N) is 1. The Morgan fingerprint density at radius 1 is 1.14 bits per heavy atom. The Kier molecular flexibility index (Phi) is 6.09. The van der Waals surface area contributed by atoms with Crippen molar-refractivity contribution in [2.45, 2.75) is 32.8 Å². The van der Waals surface area contributed by atoms with Crippen LogP contribution in [0.1, 0.15) is 25.8 Å². The first-order chi connectivity index (χ1) is 13.5. The smallest absolute Gasteiger partial charge is 0.312 e. The zero-order valence-corrected chi connectivity index (χ0v) is 16.1. The number of nitrogens with one attached hydrogen (secondary N) is 1. The Bertz CT molecular complexity index is 866. The fourth-order valence-corrected chi connectivity index (χ4v) is 3.26. The van der Waals surface area contributed by atoms with E-state index >= 15 is 0 Å². The molecular weight excluding hydrogens is 356 g/mol. The fourth-order valence-electron chi connectivity index (χ4n) is 3.26. The molecule has 2 aromatic carbocycles. The maximum Gasteiger partial charge on any atom is 0.312 e. The second kappa shape index (κ2) is 8.69. The van der Waals surface area contributed by atoms with Crippen LogP contribution in [0.5, 0.6) is 0 Å². The predicted octanol–water partition coefficient (Wildman–Crippen LogP) is 3.17. The molecule has 3 rings (SSSR count). The molecule has 0 bridgehead atoms. The number of carbonyl (C=O) groups is 3. The largest absolute Gasteiger partial charge is 0.452 e. The summed E-state index contributed by atoms with van der Waals surface area (Å²) in [6.45, 7) is 3.82. The van der Waals surface area contributed by atoms with Gasteiger partial charge in [-0.25, -0.2) is 0 Å². The summed E-state index contributed by atoms with van der Waals surface area (Å²) in [5.74, 6) is -1.62. The number of ether oxygens (including phenoxy) is 1. The highest BCUT2D eigenvalue weighted by atomic mass is 16.5. The SMILES string of the molecule is CCc1ccccc1N1C[C@H](C(=O)O[C@@H](C)C(=O)Nc2ccccc2)CC1=O. The minimum absolute atomic E-state index is 0.0872. The minimum Gasteiger partial charge on any atom is -0.452 e. The molecule has 1 aliphatic rings. The molecule has 0 aliphatic carbocycles. The van der Waals surface area contributed by atoms with Crippen molar-refractivity contribution in [3.8, 4) is 0 Å². The zero-order chi connectivity index (χ0) is 20.1. The van der Waals surface area contributed by atoms with Crippen LogP contribution >= 0.6 is 0 Å². The van der Waals surface area contributed by atoms with Gasteiger partial charge in [0.1, 0.15) is 0 Å². The van der Waals surface area contributed by atoms with Gasteiger partial charge in [0.2, 0.25) is 5.91 Å². The van der Waals surface area contributed by atoms with Crippen LogP contribution in [-0.2, 0) is 25.5 Å². The lowest BCUT2D eigenvalue weighted by Crippen LogP contribution is -2.33. The molecule has 0 unspecified atom stereocenters. The van der Waals surface area contributed by atoms with Crippen LogP contribution < -0.4 is 10.2 Å². The van der Waals surface area contributed by atoms with E-state index in [1.165, 1.54) is 6.92 Å². The summed E-state index contributed by atoms with van der Waals surface area (Å²) in [7, 11) is 0. The maximum absolute atomic E-state index is 12.5. The topological polar surface area (TPSA) is 75.7 Å². The molecule has 2 atom stereocenters. The number of rotatable bonds is 6. The summed E-state index contributed by atoms with van der Waals surface area (Å²) in [5.41, 5.74) is 2.52. The highest BCUT2D eigenvalue weighted by Crippen LogP contribution is 2.29. The van der Waals surface area contributed by atoms with Crippen LogP contribution in [0.2, 0.25) is 0 Å². The first kappa shape index (κ1) is 19.6. The quantitative estimate of drug-likeness (QED) is 0.781. The molecule has 2 aromatic rings. The van der Waals surface area contributed by atoms with Crippen molar-refractivity contribution < 1.29 is 19.1 Å². The Balaban J connectivity index is 1.60. The van der Waals surface area contributed by atoms with Crippen molar-refractivity contribution in [2.75, 3.05) is 16.8 Å². The molecule has 146 valence electrons. The number of hydrogen-bond acceptors (Lipinski definition) is 4. The van der Waals surface area contributed by atoms with E-state index < -0.39 is 23.9 Å². The van der Waals surface area contributed by atoms with E-state index in [1.54, 1.807) is 29.2 Å². The Morgan fingerprint density at radius 3 is 2.54 bits per heavy atom. The maximum atomic E-state index is 12.5. The molecular formula is C22H24N2O4. The minimum atomic E-state index is -0.945. The number of aryl methyl sites for hydroxylation is 1. The molecule has 0 spiro atoms. The first-order valence-electron chi connectivity index (χ1n) is 9.44. The third kappa shape index (κ3) is 4.39. The first-order valence-corrected chi connectivity index (χ1v) is 9.44. The van der Waals surface area contributed by atoms with E-state index in [0.29, 0.717) is 5.69 Å². The fraction of sp³-hybridized carbons (Fsp3) is 0.318. The van der Waals surface area contributed by atoms with Crippen LogP contribution in [0, 0.1) is 5.92 Å². The molecule has 28 heavy (non-hydrogen) atoms. The molecule has 6 nitrogen and oxygen atoms in total. The number of carbonyl (C=O) groups excluding carboxylic acids is 3. The van der Waals surface area contributed by atoms with Crippen molar-refractivity contribution in [3.63, 3.8) is 0 Å². The summed E-state index contributed by atoms with van der Waals surface area (Å²) in [5, 5.41) is 2.70. The molecule has 6 heteroatoms. The molecule has 1 fully saturated rings. The number of anilines is 2. The van der Waals surface area contributed by atoms with Gasteiger partial charge in [-0.1, -0.05) is 43.3 Å². The van der Waals surface area contributed by atoms with Gasteiger partial charge in [-0.3, -0.25) is 14.4 Å². The van der Waals surface area contributed by atoms with Crippen molar-refractivity contribution in [1.82, 2.24) is 0 Å². The summed E-state index contributed by atoms with van der Waals surface area (Å²) >= 11 is 0. The predicted molar refractivity (Wildman–Crippen MR) is 107 cm³/mol. The van der Waals surface area contributed by atoms with Crippen LogP contribution in [0.25, 0.3) is 0 Å². The monoisotopic (exact) mass is 380 g/mol. The average Bonchev–Trinajstić information content (AvgIpc) is 3.10. The Labute approximate surface area is 164 Å². The standard InChI is InChI=1S/C22H24N2O4/c1-3-16-9-7-8-12-19(16)24-14-17(13-20(24)25)22(27)28-15(2)21(26)23-18-10-5-4-6-11-18/h4-12,15,17H,3,13-14H2,1-2H3,(H,23,26)/t15-,17+/m0/s1.